The van der Waals surface area contributed by atoms with Crippen molar-refractivity contribution in [3.8, 4) is 0 Å². The van der Waals surface area contributed by atoms with Crippen LogP contribution in [0.2, 0.25) is 0 Å². The minimum atomic E-state index is 0.100. The predicted octanol–water partition coefficient (Wildman–Crippen LogP) is 3.32. The minimum Gasteiger partial charge on any atom is -0.295 e. The van der Waals surface area contributed by atoms with Crippen molar-refractivity contribution in [3.63, 3.8) is 0 Å². The molecule has 0 atom stereocenters. The highest BCUT2D eigenvalue weighted by molar-refractivity contribution is 6.34. The second-order valence-corrected chi connectivity index (χ2v) is 4.04. The van der Waals surface area contributed by atoms with Crippen LogP contribution in [0, 0.1) is 0 Å². The van der Waals surface area contributed by atoms with Crippen molar-refractivity contribution >= 4 is 22.8 Å². The lowest BCUT2D eigenvalue weighted by Crippen LogP contribution is -1.97. The minimum absolute atomic E-state index is 0.100. The van der Waals surface area contributed by atoms with E-state index in [0.29, 0.717) is 0 Å². The van der Waals surface area contributed by atoms with Crippen LogP contribution in [-0.4, -0.2) is 11.5 Å². The summed E-state index contributed by atoms with van der Waals surface area (Å²) in [5.41, 5.74) is 5.00. The van der Waals surface area contributed by atoms with Gasteiger partial charge in [-0.1, -0.05) is 12.2 Å². The third-order valence-electron chi connectivity index (χ3n) is 2.94. The highest BCUT2D eigenvalue weighted by Crippen LogP contribution is 2.37. The van der Waals surface area contributed by atoms with E-state index in [2.05, 4.69) is 17.1 Å². The highest BCUT2D eigenvalue weighted by atomic mass is 16.1. The first-order chi connectivity index (χ1) is 7.75. The summed E-state index contributed by atoms with van der Waals surface area (Å²) in [5.74, 6) is 0.100. The van der Waals surface area contributed by atoms with Gasteiger partial charge in [-0.15, -0.1) is 0 Å². The SMILES string of the molecule is CC(=O)c1ccc2c(c1)C1=CCC=CC1=N2. The molecular weight excluding hydrogens is 198 g/mol. The fraction of sp³-hybridized carbons (Fsp3) is 0.143. The van der Waals surface area contributed by atoms with Crippen LogP contribution in [0.25, 0.3) is 5.57 Å². The van der Waals surface area contributed by atoms with Gasteiger partial charge in [0.05, 0.1) is 11.4 Å². The maximum atomic E-state index is 11.3. The van der Waals surface area contributed by atoms with Crippen LogP contribution in [-0.2, 0) is 0 Å². The summed E-state index contributed by atoms with van der Waals surface area (Å²) in [7, 11) is 0. The van der Waals surface area contributed by atoms with E-state index in [1.54, 1.807) is 6.92 Å². The van der Waals surface area contributed by atoms with Crippen LogP contribution >= 0.6 is 0 Å². The Bertz CT molecular complexity index is 576. The zero-order valence-corrected chi connectivity index (χ0v) is 9.03. The van der Waals surface area contributed by atoms with Gasteiger partial charge in [0.1, 0.15) is 0 Å². The van der Waals surface area contributed by atoms with Gasteiger partial charge in [0, 0.05) is 16.7 Å². The van der Waals surface area contributed by atoms with Gasteiger partial charge >= 0.3 is 0 Å². The van der Waals surface area contributed by atoms with Crippen molar-refractivity contribution < 1.29 is 4.79 Å². The van der Waals surface area contributed by atoms with Crippen molar-refractivity contribution in [2.75, 3.05) is 0 Å². The monoisotopic (exact) mass is 209 g/mol. The number of hydrogen-bond donors (Lipinski definition) is 0. The average molecular weight is 209 g/mol. The third kappa shape index (κ3) is 1.27. The van der Waals surface area contributed by atoms with Crippen LogP contribution in [0.4, 0.5) is 5.69 Å². The Morgan fingerprint density at radius 3 is 3.06 bits per heavy atom. The molecule has 2 nitrogen and oxygen atoms in total. The molecule has 0 fully saturated rings. The fourth-order valence-corrected chi connectivity index (χ4v) is 2.10. The third-order valence-corrected chi connectivity index (χ3v) is 2.94. The van der Waals surface area contributed by atoms with Gasteiger partial charge in [0.25, 0.3) is 0 Å². The normalized spacial score (nSPS) is 16.3. The Morgan fingerprint density at radius 1 is 1.38 bits per heavy atom. The molecule has 16 heavy (non-hydrogen) atoms. The van der Waals surface area contributed by atoms with Crippen molar-refractivity contribution in [2.45, 2.75) is 13.3 Å². The molecule has 0 unspecified atom stereocenters. The van der Waals surface area contributed by atoms with E-state index in [9.17, 15) is 4.79 Å². The van der Waals surface area contributed by atoms with Crippen LogP contribution in [0.1, 0.15) is 29.3 Å². The van der Waals surface area contributed by atoms with Gasteiger partial charge in [-0.3, -0.25) is 4.79 Å². The number of hydrogen-bond acceptors (Lipinski definition) is 2. The first kappa shape index (κ1) is 9.28. The molecule has 3 rings (SSSR count). The number of nitrogens with zero attached hydrogens (tertiary/aromatic N) is 1. The number of fused-ring (bicyclic) bond motifs is 3. The molecule has 2 heteroatoms. The molecule has 1 aromatic carbocycles. The van der Waals surface area contributed by atoms with Crippen LogP contribution in [0.15, 0.2) is 41.4 Å². The number of carbonyl (C=O) groups excluding carboxylic acids is 1. The molecule has 0 N–H and O–H groups in total. The molecule has 0 saturated carbocycles. The Balaban J connectivity index is 2.17. The predicted molar refractivity (Wildman–Crippen MR) is 65.3 cm³/mol. The van der Waals surface area contributed by atoms with E-state index in [0.717, 1.165) is 28.9 Å². The van der Waals surface area contributed by atoms with Crippen LogP contribution in [0.5, 0.6) is 0 Å². The highest BCUT2D eigenvalue weighted by Gasteiger charge is 2.20. The number of allylic oxidation sites excluding steroid dienone is 4. The molecule has 0 bridgehead atoms. The summed E-state index contributed by atoms with van der Waals surface area (Å²) in [6.45, 7) is 1.59. The first-order valence-electron chi connectivity index (χ1n) is 5.37. The summed E-state index contributed by atoms with van der Waals surface area (Å²) < 4.78 is 0. The Hall–Kier alpha value is -1.96. The summed E-state index contributed by atoms with van der Waals surface area (Å²) in [6.07, 6.45) is 7.25. The second kappa shape index (κ2) is 3.27. The number of rotatable bonds is 1. The maximum absolute atomic E-state index is 11.3. The van der Waals surface area contributed by atoms with E-state index in [4.69, 9.17) is 0 Å². The van der Waals surface area contributed by atoms with E-state index < -0.39 is 0 Å². The van der Waals surface area contributed by atoms with E-state index >= 15 is 0 Å². The molecule has 0 aromatic heterocycles. The molecule has 0 amide bonds. The van der Waals surface area contributed by atoms with E-state index in [1.165, 1.54) is 5.57 Å². The largest absolute Gasteiger partial charge is 0.295 e. The molecule has 0 spiro atoms. The van der Waals surface area contributed by atoms with Gasteiger partial charge in [-0.05, 0) is 37.6 Å². The lowest BCUT2D eigenvalue weighted by molar-refractivity contribution is 0.101. The van der Waals surface area contributed by atoms with Gasteiger partial charge < -0.3 is 0 Å². The summed E-state index contributed by atoms with van der Waals surface area (Å²) in [4.78, 5) is 15.9. The van der Waals surface area contributed by atoms with E-state index in [1.807, 2.05) is 24.3 Å². The maximum Gasteiger partial charge on any atom is 0.159 e. The van der Waals surface area contributed by atoms with Crippen molar-refractivity contribution in [3.05, 3.63) is 47.6 Å². The molecule has 78 valence electrons. The zero-order valence-electron chi connectivity index (χ0n) is 9.03. The quantitative estimate of drug-likeness (QED) is 0.652. The summed E-state index contributed by atoms with van der Waals surface area (Å²) in [6, 6.07) is 5.71. The Morgan fingerprint density at radius 2 is 2.25 bits per heavy atom. The zero-order chi connectivity index (χ0) is 11.1. The van der Waals surface area contributed by atoms with Crippen molar-refractivity contribution in [2.24, 2.45) is 4.99 Å². The first-order valence-corrected chi connectivity index (χ1v) is 5.37. The lowest BCUT2D eigenvalue weighted by atomic mass is 9.96. The molecule has 1 aromatic rings. The van der Waals surface area contributed by atoms with Crippen molar-refractivity contribution in [1.82, 2.24) is 0 Å². The summed E-state index contributed by atoms with van der Waals surface area (Å²) in [5, 5.41) is 0. The van der Waals surface area contributed by atoms with Gasteiger partial charge in [0.2, 0.25) is 0 Å². The molecule has 0 radical (unpaired) electrons. The second-order valence-electron chi connectivity index (χ2n) is 4.04. The molecule has 2 aliphatic rings. The topological polar surface area (TPSA) is 29.4 Å². The number of benzene rings is 1. The Labute approximate surface area is 94.0 Å². The molecular formula is C14H11NO. The average Bonchev–Trinajstić information content (AvgIpc) is 2.66. The number of carbonyl (C=O) groups is 1. The van der Waals surface area contributed by atoms with E-state index in [-0.39, 0.29) is 5.78 Å². The molecule has 0 saturated heterocycles. The number of aliphatic imine (C=N–C) groups is 1. The Kier molecular flexibility index (Phi) is 1.90. The van der Waals surface area contributed by atoms with Gasteiger partial charge in [-0.2, -0.15) is 0 Å². The van der Waals surface area contributed by atoms with Crippen LogP contribution in [0.3, 0.4) is 0 Å². The molecule has 1 aliphatic heterocycles. The van der Waals surface area contributed by atoms with Gasteiger partial charge in [0.15, 0.2) is 5.78 Å². The smallest absolute Gasteiger partial charge is 0.159 e. The fourth-order valence-electron chi connectivity index (χ4n) is 2.10. The standard InChI is InChI=1S/C14H11NO/c1-9(16)10-6-7-14-12(8-10)11-4-2-3-5-13(11)15-14/h3-8H,2H2,1H3. The summed E-state index contributed by atoms with van der Waals surface area (Å²) >= 11 is 0. The molecule has 1 heterocycles. The van der Waals surface area contributed by atoms with Crippen LogP contribution < -0.4 is 0 Å². The number of ketones is 1. The van der Waals surface area contributed by atoms with Gasteiger partial charge in [-0.25, -0.2) is 4.99 Å². The van der Waals surface area contributed by atoms with Crippen molar-refractivity contribution in [1.29, 1.82) is 0 Å². The molecule has 1 aliphatic carbocycles. The lowest BCUT2D eigenvalue weighted by Gasteiger charge is -2.05. The number of Topliss-reactive ketones (excluding diaryl/α,β-unsaturated/α-hetero) is 1.